The zero-order valence-corrected chi connectivity index (χ0v) is 25.6. The number of carboxylic acid groups (broad SMARTS) is 1. The summed E-state index contributed by atoms with van der Waals surface area (Å²) in [6.45, 7) is 2.82. The first-order valence-electron chi connectivity index (χ1n) is 14.4. The predicted octanol–water partition coefficient (Wildman–Crippen LogP) is 5.75. The Morgan fingerprint density at radius 1 is 1.13 bits per heavy atom. The van der Waals surface area contributed by atoms with E-state index in [1.807, 2.05) is 6.92 Å². The second kappa shape index (κ2) is 12.8. The number of aromatic carboxylic acids is 1. The number of nitrogens with zero attached hydrogens (tertiary/aromatic N) is 4. The minimum absolute atomic E-state index is 0.0218. The number of carbonyl (C=O) groups excluding carboxylic acids is 1. The molecule has 0 aliphatic carbocycles. The molecule has 1 saturated heterocycles. The summed E-state index contributed by atoms with van der Waals surface area (Å²) in [7, 11) is 1.50. The summed E-state index contributed by atoms with van der Waals surface area (Å²) in [6.07, 6.45) is 2.17. The maximum Gasteiger partial charge on any atom is 0.335 e. The fourth-order valence-electron chi connectivity index (χ4n) is 5.26. The summed E-state index contributed by atoms with van der Waals surface area (Å²) in [5.74, 6) is -2.21. The largest absolute Gasteiger partial charge is 0.478 e. The van der Waals surface area contributed by atoms with Gasteiger partial charge in [-0.15, -0.1) is 0 Å². The monoisotopic (exact) mass is 647 g/mol. The molecule has 1 amide bonds. The molecule has 6 rings (SSSR count). The molecular formula is C33H28ClF2N5O5. The molecule has 0 saturated carbocycles. The number of fused-ring (bicyclic) bond motifs is 1. The Morgan fingerprint density at radius 2 is 1.93 bits per heavy atom. The molecule has 1 fully saturated rings. The Hall–Kier alpha value is -4.94. The summed E-state index contributed by atoms with van der Waals surface area (Å²) in [4.78, 5) is 36.5. The van der Waals surface area contributed by atoms with Gasteiger partial charge in [0.2, 0.25) is 5.88 Å². The van der Waals surface area contributed by atoms with Gasteiger partial charge in [0.15, 0.2) is 5.82 Å². The first-order chi connectivity index (χ1) is 22.1. The Bertz CT molecular complexity index is 2000. The quantitative estimate of drug-likeness (QED) is 0.196. The highest BCUT2D eigenvalue weighted by molar-refractivity contribution is 6.31. The number of aromatic nitrogens is 4. The SMILES string of the molecule is CNC(=O)c1cc(Cl)c(COc2cccc(-c3cc(F)c(Cc4nc5c(F)cc(C(=O)O)cc5n4CC4CCO4)cc3C)n2)cn1. The van der Waals surface area contributed by atoms with Crippen molar-refractivity contribution in [2.24, 2.45) is 0 Å². The molecule has 1 atom stereocenters. The van der Waals surface area contributed by atoms with Crippen molar-refractivity contribution in [1.82, 2.24) is 24.8 Å². The molecule has 4 heterocycles. The molecular weight excluding hydrogens is 620 g/mol. The van der Waals surface area contributed by atoms with Gasteiger partial charge >= 0.3 is 5.97 Å². The highest BCUT2D eigenvalue weighted by Crippen LogP contribution is 2.30. The van der Waals surface area contributed by atoms with Crippen LogP contribution in [0.2, 0.25) is 5.02 Å². The lowest BCUT2D eigenvalue weighted by atomic mass is 9.99. The molecule has 2 N–H and O–H groups in total. The van der Waals surface area contributed by atoms with Crippen molar-refractivity contribution in [3.8, 4) is 17.1 Å². The second-order valence-electron chi connectivity index (χ2n) is 10.9. The number of amides is 1. The van der Waals surface area contributed by atoms with Gasteiger partial charge in [-0.3, -0.25) is 9.78 Å². The van der Waals surface area contributed by atoms with Gasteiger partial charge in [-0.2, -0.15) is 0 Å². The molecule has 236 valence electrons. The van der Waals surface area contributed by atoms with E-state index >= 15 is 4.39 Å². The maximum absolute atomic E-state index is 15.7. The van der Waals surface area contributed by atoms with Crippen molar-refractivity contribution in [1.29, 1.82) is 0 Å². The summed E-state index contributed by atoms with van der Waals surface area (Å²) in [5, 5.41) is 12.3. The van der Waals surface area contributed by atoms with Gasteiger partial charge in [-0.05, 0) is 54.8 Å². The Balaban J connectivity index is 1.25. The van der Waals surface area contributed by atoms with E-state index in [4.69, 9.17) is 21.1 Å². The number of rotatable bonds is 10. The van der Waals surface area contributed by atoms with Crippen LogP contribution >= 0.6 is 11.6 Å². The Kier molecular flexibility index (Phi) is 8.65. The van der Waals surface area contributed by atoms with E-state index < -0.39 is 17.6 Å². The Morgan fingerprint density at radius 3 is 2.63 bits per heavy atom. The van der Waals surface area contributed by atoms with Gasteiger partial charge < -0.3 is 24.5 Å². The van der Waals surface area contributed by atoms with Crippen LogP contribution < -0.4 is 10.1 Å². The van der Waals surface area contributed by atoms with Crippen LogP contribution in [0.1, 0.15) is 49.8 Å². The Labute approximate surface area is 267 Å². The number of carboxylic acids is 1. The number of pyridine rings is 2. The number of nitrogens with one attached hydrogen (secondary N) is 1. The molecule has 0 bridgehead atoms. The van der Waals surface area contributed by atoms with Crippen LogP contribution in [0.3, 0.4) is 0 Å². The van der Waals surface area contributed by atoms with Crippen LogP contribution in [-0.2, 0) is 24.3 Å². The van der Waals surface area contributed by atoms with Crippen LogP contribution in [0, 0.1) is 18.6 Å². The smallest absolute Gasteiger partial charge is 0.335 e. The van der Waals surface area contributed by atoms with Gasteiger partial charge in [0, 0.05) is 43.5 Å². The molecule has 1 aliphatic rings. The summed E-state index contributed by atoms with van der Waals surface area (Å²) < 4.78 is 43.7. The fraction of sp³-hybridized carbons (Fsp3) is 0.242. The van der Waals surface area contributed by atoms with Crippen LogP contribution in [-0.4, -0.2) is 56.3 Å². The van der Waals surface area contributed by atoms with Crippen molar-refractivity contribution in [3.05, 3.63) is 105 Å². The van der Waals surface area contributed by atoms with Crippen molar-refractivity contribution < 1.29 is 33.0 Å². The number of imidazole rings is 1. The highest BCUT2D eigenvalue weighted by atomic mass is 35.5. The molecule has 5 aromatic rings. The van der Waals surface area contributed by atoms with Crippen LogP contribution in [0.4, 0.5) is 8.78 Å². The molecule has 13 heteroatoms. The van der Waals surface area contributed by atoms with Gasteiger partial charge in [0.25, 0.3) is 5.91 Å². The normalized spacial score (nSPS) is 14.2. The van der Waals surface area contributed by atoms with Gasteiger partial charge in [-0.1, -0.05) is 23.7 Å². The number of hydrogen-bond donors (Lipinski definition) is 2. The average molecular weight is 648 g/mol. The lowest BCUT2D eigenvalue weighted by molar-refractivity contribution is -0.0589. The third-order valence-corrected chi connectivity index (χ3v) is 8.17. The highest BCUT2D eigenvalue weighted by Gasteiger charge is 2.25. The third-order valence-electron chi connectivity index (χ3n) is 7.82. The first-order valence-corrected chi connectivity index (χ1v) is 14.8. The number of carbonyl (C=O) groups is 2. The molecule has 0 spiro atoms. The standard InChI is InChI=1S/C33H28ClF2N5O5/c1-17-8-18(11-29-40-31-25(36)9-19(33(43)44)10-28(31)41(29)15-21-6-7-45-21)24(35)12-22(17)26-4-3-5-30(39-26)46-16-20-14-38-27(13-23(20)34)32(42)37-2/h3-5,8-10,12-14,21H,6-7,11,15-16H2,1-2H3,(H,37,42)(H,43,44). The van der Waals surface area contributed by atoms with E-state index in [1.54, 1.807) is 28.8 Å². The van der Waals surface area contributed by atoms with E-state index in [0.717, 1.165) is 18.1 Å². The maximum atomic E-state index is 15.7. The van der Waals surface area contributed by atoms with E-state index in [1.165, 1.54) is 31.4 Å². The molecule has 10 nitrogen and oxygen atoms in total. The number of ether oxygens (including phenoxy) is 2. The molecule has 1 aliphatic heterocycles. The molecule has 46 heavy (non-hydrogen) atoms. The minimum Gasteiger partial charge on any atom is -0.478 e. The molecule has 1 unspecified atom stereocenters. The summed E-state index contributed by atoms with van der Waals surface area (Å²) >= 11 is 6.31. The van der Waals surface area contributed by atoms with Crippen molar-refractivity contribution in [3.63, 3.8) is 0 Å². The zero-order chi connectivity index (χ0) is 32.5. The molecule has 2 aromatic carbocycles. The van der Waals surface area contributed by atoms with Gasteiger partial charge in [0.05, 0.1) is 34.4 Å². The average Bonchev–Trinajstić information content (AvgIpc) is 3.36. The molecule has 0 radical (unpaired) electrons. The van der Waals surface area contributed by atoms with Crippen molar-refractivity contribution in [2.75, 3.05) is 13.7 Å². The molecule has 3 aromatic heterocycles. The fourth-order valence-corrected chi connectivity index (χ4v) is 5.47. The third kappa shape index (κ3) is 6.26. The van der Waals surface area contributed by atoms with E-state index in [9.17, 15) is 19.1 Å². The first kappa shape index (κ1) is 31.1. The van der Waals surface area contributed by atoms with Crippen molar-refractivity contribution >= 4 is 34.5 Å². The van der Waals surface area contributed by atoms with Gasteiger partial charge in [0.1, 0.15) is 29.5 Å². The zero-order valence-electron chi connectivity index (χ0n) is 24.8. The van der Waals surface area contributed by atoms with Crippen LogP contribution in [0.25, 0.3) is 22.3 Å². The van der Waals surface area contributed by atoms with E-state index in [0.29, 0.717) is 51.9 Å². The number of benzene rings is 2. The predicted molar refractivity (Wildman–Crippen MR) is 165 cm³/mol. The number of halogens is 3. The van der Waals surface area contributed by atoms with Crippen LogP contribution in [0.15, 0.2) is 54.7 Å². The summed E-state index contributed by atoms with van der Waals surface area (Å²) in [5.41, 5.74) is 2.99. The number of aryl methyl sites for hydroxylation is 1. The minimum atomic E-state index is -1.26. The summed E-state index contributed by atoms with van der Waals surface area (Å²) in [6, 6.07) is 12.0. The topological polar surface area (TPSA) is 128 Å². The number of hydrogen-bond acceptors (Lipinski definition) is 7. The lowest BCUT2D eigenvalue weighted by Gasteiger charge is -2.27. The van der Waals surface area contributed by atoms with E-state index in [-0.39, 0.29) is 47.7 Å². The van der Waals surface area contributed by atoms with Crippen molar-refractivity contribution in [2.45, 2.75) is 39.0 Å². The van der Waals surface area contributed by atoms with Gasteiger partial charge in [-0.25, -0.2) is 23.5 Å². The lowest BCUT2D eigenvalue weighted by Crippen LogP contribution is -2.31. The van der Waals surface area contributed by atoms with Crippen LogP contribution in [0.5, 0.6) is 5.88 Å². The van der Waals surface area contributed by atoms with E-state index in [2.05, 4.69) is 20.3 Å². The second-order valence-corrected chi connectivity index (χ2v) is 11.3.